The first-order chi connectivity index (χ1) is 10.2. The molecule has 0 radical (unpaired) electrons. The monoisotopic (exact) mass is 284 g/mol. The molecule has 1 saturated heterocycles. The van der Waals surface area contributed by atoms with E-state index < -0.39 is 0 Å². The largest absolute Gasteiger partial charge is 0.506 e. The average molecular weight is 284 g/mol. The normalized spacial score (nSPS) is 15.9. The summed E-state index contributed by atoms with van der Waals surface area (Å²) in [7, 11) is 0. The number of rotatable bonds is 2. The van der Waals surface area contributed by atoms with Crippen LogP contribution in [0.25, 0.3) is 0 Å². The average Bonchev–Trinajstić information content (AvgIpc) is 2.56. The first-order valence-electron chi connectivity index (χ1n) is 6.94. The molecule has 1 aliphatic heterocycles. The van der Waals surface area contributed by atoms with E-state index in [1.165, 1.54) is 12.3 Å². The predicted molar refractivity (Wildman–Crippen MR) is 75.8 cm³/mol. The molecule has 0 unspecified atom stereocenters. The van der Waals surface area contributed by atoms with E-state index in [-0.39, 0.29) is 11.7 Å². The van der Waals surface area contributed by atoms with Crippen LogP contribution in [0.3, 0.4) is 0 Å². The van der Waals surface area contributed by atoms with Gasteiger partial charge in [0, 0.05) is 30.9 Å². The lowest BCUT2D eigenvalue weighted by molar-refractivity contribution is 0.0706. The SMILES string of the molecule is O=C(c1ccc(O)cn1)N1CCC(c2ccncn2)CC1. The van der Waals surface area contributed by atoms with Crippen molar-refractivity contribution in [3.63, 3.8) is 0 Å². The second-order valence-corrected chi connectivity index (χ2v) is 5.10. The maximum atomic E-state index is 12.3. The number of carbonyl (C=O) groups excluding carboxylic acids is 1. The molecular weight excluding hydrogens is 268 g/mol. The second kappa shape index (κ2) is 5.87. The van der Waals surface area contributed by atoms with Crippen molar-refractivity contribution in [3.05, 3.63) is 48.3 Å². The molecule has 0 saturated carbocycles. The van der Waals surface area contributed by atoms with Crippen LogP contribution < -0.4 is 0 Å². The molecule has 6 heteroatoms. The molecule has 3 heterocycles. The third-order valence-corrected chi connectivity index (χ3v) is 3.77. The van der Waals surface area contributed by atoms with Gasteiger partial charge in [0.1, 0.15) is 17.8 Å². The number of piperidine rings is 1. The molecule has 2 aromatic rings. The molecule has 0 spiro atoms. The van der Waals surface area contributed by atoms with E-state index in [0.29, 0.717) is 24.7 Å². The van der Waals surface area contributed by atoms with Crippen LogP contribution in [0.4, 0.5) is 0 Å². The van der Waals surface area contributed by atoms with Crippen LogP contribution in [0, 0.1) is 0 Å². The summed E-state index contributed by atoms with van der Waals surface area (Å²) < 4.78 is 0. The van der Waals surface area contributed by atoms with Gasteiger partial charge in [-0.25, -0.2) is 15.0 Å². The summed E-state index contributed by atoms with van der Waals surface area (Å²) in [6.45, 7) is 1.38. The van der Waals surface area contributed by atoms with Crippen LogP contribution >= 0.6 is 0 Å². The molecule has 21 heavy (non-hydrogen) atoms. The summed E-state index contributed by atoms with van der Waals surface area (Å²) in [6.07, 6.45) is 6.38. The van der Waals surface area contributed by atoms with Gasteiger partial charge >= 0.3 is 0 Å². The highest BCUT2D eigenvalue weighted by atomic mass is 16.3. The third-order valence-electron chi connectivity index (χ3n) is 3.77. The zero-order valence-electron chi connectivity index (χ0n) is 11.5. The number of aromatic hydroxyl groups is 1. The molecule has 1 fully saturated rings. The number of hydrogen-bond acceptors (Lipinski definition) is 5. The minimum Gasteiger partial charge on any atom is -0.506 e. The molecule has 0 aromatic carbocycles. The van der Waals surface area contributed by atoms with E-state index in [9.17, 15) is 9.90 Å². The topological polar surface area (TPSA) is 79.2 Å². The fourth-order valence-corrected chi connectivity index (χ4v) is 2.60. The standard InChI is InChI=1S/C15H16N4O2/c20-12-1-2-14(17-9-12)15(21)19-7-4-11(5-8-19)13-3-6-16-10-18-13/h1-3,6,9-11,20H,4-5,7-8H2. The first-order valence-corrected chi connectivity index (χ1v) is 6.94. The second-order valence-electron chi connectivity index (χ2n) is 5.10. The van der Waals surface area contributed by atoms with Crippen LogP contribution in [-0.4, -0.2) is 44.0 Å². The smallest absolute Gasteiger partial charge is 0.272 e. The number of likely N-dealkylation sites (tertiary alicyclic amines) is 1. The highest BCUT2D eigenvalue weighted by Crippen LogP contribution is 2.26. The van der Waals surface area contributed by atoms with Crippen molar-refractivity contribution in [1.82, 2.24) is 19.9 Å². The van der Waals surface area contributed by atoms with E-state index in [0.717, 1.165) is 18.5 Å². The van der Waals surface area contributed by atoms with Gasteiger partial charge in [0.25, 0.3) is 5.91 Å². The molecule has 2 aromatic heterocycles. The van der Waals surface area contributed by atoms with Gasteiger partial charge in [-0.3, -0.25) is 4.79 Å². The van der Waals surface area contributed by atoms with Crippen LogP contribution in [0.2, 0.25) is 0 Å². The highest BCUT2D eigenvalue weighted by molar-refractivity contribution is 5.92. The van der Waals surface area contributed by atoms with Crippen molar-refractivity contribution in [2.45, 2.75) is 18.8 Å². The fourth-order valence-electron chi connectivity index (χ4n) is 2.60. The molecule has 3 rings (SSSR count). The van der Waals surface area contributed by atoms with Gasteiger partial charge in [-0.05, 0) is 31.0 Å². The summed E-state index contributed by atoms with van der Waals surface area (Å²) in [6, 6.07) is 4.96. The predicted octanol–water partition coefficient (Wildman–Crippen LogP) is 1.60. The number of aromatic nitrogens is 3. The lowest BCUT2D eigenvalue weighted by Gasteiger charge is -2.31. The molecule has 1 N–H and O–H groups in total. The summed E-state index contributed by atoms with van der Waals surface area (Å²) >= 11 is 0. The Labute approximate surface area is 122 Å². The van der Waals surface area contributed by atoms with Crippen molar-refractivity contribution in [3.8, 4) is 5.75 Å². The van der Waals surface area contributed by atoms with Crippen LogP contribution in [-0.2, 0) is 0 Å². The van der Waals surface area contributed by atoms with Gasteiger partial charge < -0.3 is 10.0 Å². The molecular formula is C15H16N4O2. The Morgan fingerprint density at radius 2 is 2.00 bits per heavy atom. The highest BCUT2D eigenvalue weighted by Gasteiger charge is 2.25. The molecule has 6 nitrogen and oxygen atoms in total. The van der Waals surface area contributed by atoms with Crippen molar-refractivity contribution in [1.29, 1.82) is 0 Å². The molecule has 108 valence electrons. The van der Waals surface area contributed by atoms with Crippen LogP contribution in [0.1, 0.15) is 34.9 Å². The Bertz CT molecular complexity index is 607. The van der Waals surface area contributed by atoms with Crippen molar-refractivity contribution in [2.24, 2.45) is 0 Å². The number of pyridine rings is 1. The molecule has 0 aliphatic carbocycles. The molecule has 1 amide bonds. The van der Waals surface area contributed by atoms with E-state index in [1.807, 2.05) is 6.07 Å². The van der Waals surface area contributed by atoms with Crippen molar-refractivity contribution >= 4 is 5.91 Å². The van der Waals surface area contributed by atoms with E-state index in [1.54, 1.807) is 23.5 Å². The van der Waals surface area contributed by atoms with Gasteiger partial charge in [0.2, 0.25) is 0 Å². The summed E-state index contributed by atoms with van der Waals surface area (Å²) in [4.78, 5) is 26.3. The van der Waals surface area contributed by atoms with Crippen molar-refractivity contribution in [2.75, 3.05) is 13.1 Å². The minimum absolute atomic E-state index is 0.0639. The molecule has 1 aliphatic rings. The van der Waals surface area contributed by atoms with Gasteiger partial charge in [0.05, 0.1) is 6.20 Å². The van der Waals surface area contributed by atoms with E-state index >= 15 is 0 Å². The Morgan fingerprint density at radius 1 is 1.19 bits per heavy atom. The zero-order chi connectivity index (χ0) is 14.7. The minimum atomic E-state index is -0.0869. The summed E-state index contributed by atoms with van der Waals surface area (Å²) in [5.41, 5.74) is 1.41. The fraction of sp³-hybridized carbons (Fsp3) is 0.333. The zero-order valence-corrected chi connectivity index (χ0v) is 11.5. The van der Waals surface area contributed by atoms with Crippen molar-refractivity contribution < 1.29 is 9.90 Å². The number of carbonyl (C=O) groups is 1. The number of amides is 1. The Hall–Kier alpha value is -2.50. The number of nitrogens with zero attached hydrogens (tertiary/aromatic N) is 4. The first kappa shape index (κ1) is 13.5. The van der Waals surface area contributed by atoms with E-state index in [4.69, 9.17) is 0 Å². The summed E-state index contributed by atoms with van der Waals surface area (Å²) in [5.74, 6) is 0.356. The maximum Gasteiger partial charge on any atom is 0.272 e. The van der Waals surface area contributed by atoms with E-state index in [2.05, 4.69) is 15.0 Å². The molecule has 0 bridgehead atoms. The van der Waals surface area contributed by atoms with Crippen LogP contribution in [0.15, 0.2) is 36.9 Å². The lowest BCUT2D eigenvalue weighted by atomic mass is 9.93. The van der Waals surface area contributed by atoms with Crippen LogP contribution in [0.5, 0.6) is 5.75 Å². The Morgan fingerprint density at radius 3 is 2.62 bits per heavy atom. The quantitative estimate of drug-likeness (QED) is 0.906. The maximum absolute atomic E-state index is 12.3. The molecule has 0 atom stereocenters. The Kier molecular flexibility index (Phi) is 3.77. The Balaban J connectivity index is 1.63. The van der Waals surface area contributed by atoms with Gasteiger partial charge in [-0.1, -0.05) is 0 Å². The number of hydrogen-bond donors (Lipinski definition) is 1. The lowest BCUT2D eigenvalue weighted by Crippen LogP contribution is -2.38. The third kappa shape index (κ3) is 2.99. The van der Waals surface area contributed by atoms with Gasteiger partial charge in [0.15, 0.2) is 0 Å². The van der Waals surface area contributed by atoms with Gasteiger partial charge in [-0.2, -0.15) is 0 Å². The van der Waals surface area contributed by atoms with Gasteiger partial charge in [-0.15, -0.1) is 0 Å². The summed E-state index contributed by atoms with van der Waals surface area (Å²) in [5, 5.41) is 9.21.